The smallest absolute Gasteiger partial charge is 0.238 e. The highest BCUT2D eigenvalue weighted by Gasteiger charge is 2.15. The number of aromatic nitrogens is 3. The van der Waals surface area contributed by atoms with Crippen molar-refractivity contribution in [3.05, 3.63) is 29.3 Å². The zero-order chi connectivity index (χ0) is 18.9. The number of amides is 1. The van der Waals surface area contributed by atoms with Gasteiger partial charge in [0.15, 0.2) is 10.3 Å². The van der Waals surface area contributed by atoms with E-state index in [4.69, 9.17) is 5.14 Å². The highest BCUT2D eigenvalue weighted by atomic mass is 32.2. The first-order valence-electron chi connectivity index (χ1n) is 7.66. The molecule has 3 rings (SSSR count). The standard InChI is InChI=1S/C15H17N5O3S3/c1-3-20-13-5-4-11(26(16,22)23)6-12(13)19-15(20)25-8-10-7-24-14(18-10)17-9(2)21/h4-7H,3,8H2,1-2H3,(H2,16,22,23)(H,17,18,21). The summed E-state index contributed by atoms with van der Waals surface area (Å²) in [7, 11) is -3.77. The molecule has 0 aliphatic carbocycles. The average Bonchev–Trinajstić information content (AvgIpc) is 3.14. The van der Waals surface area contributed by atoms with Gasteiger partial charge in [-0.05, 0) is 25.1 Å². The molecule has 26 heavy (non-hydrogen) atoms. The van der Waals surface area contributed by atoms with Gasteiger partial charge in [0.05, 0.1) is 21.6 Å². The Kier molecular flexibility index (Phi) is 5.32. The minimum absolute atomic E-state index is 0.0433. The molecule has 0 aliphatic rings. The van der Waals surface area contributed by atoms with Crippen molar-refractivity contribution in [2.75, 3.05) is 5.32 Å². The van der Waals surface area contributed by atoms with Gasteiger partial charge in [0.1, 0.15) is 0 Å². The molecule has 138 valence electrons. The summed E-state index contributed by atoms with van der Waals surface area (Å²) in [4.78, 5) is 20.0. The van der Waals surface area contributed by atoms with Crippen LogP contribution in [0.15, 0.2) is 33.6 Å². The Hall–Kier alpha value is -1.95. The molecular formula is C15H17N5O3S3. The Morgan fingerprint density at radius 2 is 2.15 bits per heavy atom. The van der Waals surface area contributed by atoms with Crippen LogP contribution in [-0.2, 0) is 27.1 Å². The number of benzene rings is 1. The van der Waals surface area contributed by atoms with E-state index in [0.29, 0.717) is 22.9 Å². The van der Waals surface area contributed by atoms with Gasteiger partial charge in [-0.2, -0.15) is 0 Å². The predicted octanol–water partition coefficient (Wildman–Crippen LogP) is 2.41. The number of fused-ring (bicyclic) bond motifs is 1. The minimum Gasteiger partial charge on any atom is -0.319 e. The lowest BCUT2D eigenvalue weighted by molar-refractivity contribution is -0.114. The lowest BCUT2D eigenvalue weighted by atomic mass is 10.3. The molecule has 0 bridgehead atoms. The molecule has 3 aromatic rings. The van der Waals surface area contributed by atoms with Crippen molar-refractivity contribution in [3.63, 3.8) is 0 Å². The fourth-order valence-corrected chi connectivity index (χ4v) is 4.77. The van der Waals surface area contributed by atoms with Crippen LogP contribution in [0.2, 0.25) is 0 Å². The molecule has 0 atom stereocenters. The minimum atomic E-state index is -3.77. The number of hydrogen-bond donors (Lipinski definition) is 2. The molecule has 0 aliphatic heterocycles. The van der Waals surface area contributed by atoms with Crippen molar-refractivity contribution in [3.8, 4) is 0 Å². The van der Waals surface area contributed by atoms with Crippen molar-refractivity contribution in [2.45, 2.75) is 36.2 Å². The Morgan fingerprint density at radius 1 is 1.38 bits per heavy atom. The van der Waals surface area contributed by atoms with Gasteiger partial charge in [0.25, 0.3) is 0 Å². The number of aryl methyl sites for hydroxylation is 1. The summed E-state index contributed by atoms with van der Waals surface area (Å²) in [5, 5.41) is 11.1. The third kappa shape index (κ3) is 4.06. The van der Waals surface area contributed by atoms with Crippen LogP contribution in [0.3, 0.4) is 0 Å². The van der Waals surface area contributed by atoms with Crippen molar-refractivity contribution in [2.24, 2.45) is 5.14 Å². The van der Waals surface area contributed by atoms with Gasteiger partial charge in [-0.15, -0.1) is 11.3 Å². The number of nitrogens with one attached hydrogen (secondary N) is 1. The Morgan fingerprint density at radius 3 is 2.81 bits per heavy atom. The first-order valence-corrected chi connectivity index (χ1v) is 11.1. The summed E-state index contributed by atoms with van der Waals surface area (Å²) in [6.45, 7) is 4.13. The number of imidazole rings is 1. The molecule has 0 fully saturated rings. The Balaban J connectivity index is 1.85. The molecule has 1 amide bonds. The molecule has 0 saturated heterocycles. The van der Waals surface area contributed by atoms with Crippen molar-refractivity contribution >= 4 is 55.2 Å². The zero-order valence-corrected chi connectivity index (χ0v) is 16.5. The molecular weight excluding hydrogens is 394 g/mol. The maximum Gasteiger partial charge on any atom is 0.238 e. The number of carbonyl (C=O) groups is 1. The van der Waals surface area contributed by atoms with Gasteiger partial charge in [0, 0.05) is 24.6 Å². The lowest BCUT2D eigenvalue weighted by Gasteiger charge is -2.05. The van der Waals surface area contributed by atoms with E-state index in [1.165, 1.54) is 42.2 Å². The van der Waals surface area contributed by atoms with E-state index < -0.39 is 10.0 Å². The van der Waals surface area contributed by atoms with Crippen LogP contribution >= 0.6 is 23.1 Å². The number of sulfonamides is 1. The van der Waals surface area contributed by atoms with Crippen LogP contribution in [0, 0.1) is 0 Å². The van der Waals surface area contributed by atoms with Gasteiger partial charge in [-0.3, -0.25) is 4.79 Å². The maximum absolute atomic E-state index is 11.5. The van der Waals surface area contributed by atoms with E-state index >= 15 is 0 Å². The largest absolute Gasteiger partial charge is 0.319 e. The second kappa shape index (κ2) is 7.35. The number of primary sulfonamides is 1. The van der Waals surface area contributed by atoms with E-state index in [9.17, 15) is 13.2 Å². The SMILES string of the molecule is CCn1c(SCc2csc(NC(C)=O)n2)nc2cc(S(N)(=O)=O)ccc21. The Bertz CT molecular complexity index is 1070. The lowest BCUT2D eigenvalue weighted by Crippen LogP contribution is -2.11. The normalized spacial score (nSPS) is 11.8. The quantitative estimate of drug-likeness (QED) is 0.601. The molecule has 3 N–H and O–H groups in total. The van der Waals surface area contributed by atoms with Gasteiger partial charge in [-0.25, -0.2) is 23.5 Å². The maximum atomic E-state index is 11.5. The van der Waals surface area contributed by atoms with E-state index in [1.807, 2.05) is 16.9 Å². The number of thioether (sulfide) groups is 1. The Labute approximate surface area is 158 Å². The monoisotopic (exact) mass is 411 g/mol. The predicted molar refractivity (Wildman–Crippen MR) is 103 cm³/mol. The number of carbonyl (C=O) groups excluding carboxylic acids is 1. The van der Waals surface area contributed by atoms with Crippen LogP contribution in [0.1, 0.15) is 19.5 Å². The van der Waals surface area contributed by atoms with E-state index in [-0.39, 0.29) is 10.8 Å². The zero-order valence-electron chi connectivity index (χ0n) is 14.1. The number of rotatable bonds is 6. The van der Waals surface area contributed by atoms with Crippen LogP contribution in [0.25, 0.3) is 11.0 Å². The summed E-state index contributed by atoms with van der Waals surface area (Å²) in [6, 6.07) is 4.69. The second-order valence-corrected chi connectivity index (χ2v) is 8.81. The van der Waals surface area contributed by atoms with Crippen molar-refractivity contribution < 1.29 is 13.2 Å². The highest BCUT2D eigenvalue weighted by molar-refractivity contribution is 7.98. The molecule has 11 heteroatoms. The van der Waals surface area contributed by atoms with Crippen molar-refractivity contribution in [1.82, 2.24) is 14.5 Å². The fraction of sp³-hybridized carbons (Fsp3) is 0.267. The number of nitrogens with two attached hydrogens (primary N) is 1. The van der Waals surface area contributed by atoms with Gasteiger partial charge < -0.3 is 9.88 Å². The molecule has 0 unspecified atom stereocenters. The summed E-state index contributed by atoms with van der Waals surface area (Å²) in [6.07, 6.45) is 0. The topological polar surface area (TPSA) is 120 Å². The van der Waals surface area contributed by atoms with E-state index in [1.54, 1.807) is 6.07 Å². The molecule has 0 saturated carbocycles. The van der Waals surface area contributed by atoms with E-state index in [2.05, 4.69) is 15.3 Å². The van der Waals surface area contributed by atoms with Crippen molar-refractivity contribution in [1.29, 1.82) is 0 Å². The van der Waals surface area contributed by atoms with Gasteiger partial charge >= 0.3 is 0 Å². The summed E-state index contributed by atoms with van der Waals surface area (Å²) in [5.74, 6) is 0.429. The molecule has 2 heterocycles. The number of anilines is 1. The number of thiazole rings is 1. The van der Waals surface area contributed by atoms with E-state index in [0.717, 1.165) is 16.4 Å². The van der Waals surface area contributed by atoms with Crippen LogP contribution in [0.5, 0.6) is 0 Å². The molecule has 1 aromatic carbocycles. The summed E-state index contributed by atoms with van der Waals surface area (Å²) in [5.41, 5.74) is 2.27. The summed E-state index contributed by atoms with van der Waals surface area (Å²) < 4.78 is 25.1. The first-order chi connectivity index (χ1) is 12.3. The molecule has 8 nitrogen and oxygen atoms in total. The van der Waals surface area contributed by atoms with Crippen LogP contribution in [0.4, 0.5) is 5.13 Å². The fourth-order valence-electron chi connectivity index (χ4n) is 2.40. The molecule has 2 aromatic heterocycles. The average molecular weight is 412 g/mol. The highest BCUT2D eigenvalue weighted by Crippen LogP contribution is 2.29. The third-order valence-corrected chi connectivity index (χ3v) is 6.24. The molecule has 0 radical (unpaired) electrons. The molecule has 0 spiro atoms. The number of hydrogen-bond acceptors (Lipinski definition) is 7. The van der Waals surface area contributed by atoms with Gasteiger partial charge in [-0.1, -0.05) is 11.8 Å². The first kappa shape index (κ1) is 18.8. The van der Waals surface area contributed by atoms with Gasteiger partial charge in [0.2, 0.25) is 15.9 Å². The van der Waals surface area contributed by atoms with Crippen LogP contribution in [-0.4, -0.2) is 28.9 Å². The summed E-state index contributed by atoms with van der Waals surface area (Å²) >= 11 is 2.87. The number of nitrogens with zero attached hydrogens (tertiary/aromatic N) is 3. The third-order valence-electron chi connectivity index (χ3n) is 3.51. The second-order valence-electron chi connectivity index (χ2n) is 5.45. The van der Waals surface area contributed by atoms with Crippen LogP contribution < -0.4 is 10.5 Å².